The summed E-state index contributed by atoms with van der Waals surface area (Å²) in [4.78, 5) is 21.3. The number of carbonyl (C=O) groups excluding carboxylic acids is 1. The molecule has 1 aromatic carbocycles. The van der Waals surface area contributed by atoms with Crippen molar-refractivity contribution in [3.05, 3.63) is 65.3 Å². The average molecular weight is 387 g/mol. The minimum atomic E-state index is -2.86. The second-order valence-corrected chi connectivity index (χ2v) is 6.64. The zero-order chi connectivity index (χ0) is 19.2. The molecule has 138 valence electrons. The first kappa shape index (κ1) is 18.7. The molecule has 2 aromatic heterocycles. The van der Waals surface area contributed by atoms with Gasteiger partial charge in [0.25, 0.3) is 0 Å². The van der Waals surface area contributed by atoms with Crippen LogP contribution in [-0.2, 0) is 4.79 Å². The van der Waals surface area contributed by atoms with Gasteiger partial charge in [0.2, 0.25) is 5.91 Å². The van der Waals surface area contributed by atoms with E-state index in [1.165, 1.54) is 29.5 Å². The molecule has 1 N–H and O–H groups in total. The Balaban J connectivity index is 1.69. The van der Waals surface area contributed by atoms with E-state index in [-0.39, 0.29) is 11.7 Å². The van der Waals surface area contributed by atoms with Gasteiger partial charge in [-0.25, -0.2) is 4.98 Å². The minimum absolute atomic E-state index is 0.0793. The number of aromatic nitrogens is 2. The lowest BCUT2D eigenvalue weighted by Gasteiger charge is -2.05. The smallest absolute Gasteiger partial charge is 0.387 e. The highest BCUT2D eigenvalue weighted by atomic mass is 32.1. The van der Waals surface area contributed by atoms with Crippen LogP contribution in [0.5, 0.6) is 5.75 Å². The standard InChI is InChI=1S/C19H15F2N3O2S/c1-12-17(14-5-7-15(8-6-14)26-18(20)21)24-19(27-12)23-16(25)9-4-13-3-2-10-22-11-13/h2-11,18H,1H3,(H,23,24,25). The summed E-state index contributed by atoms with van der Waals surface area (Å²) in [5.41, 5.74) is 2.24. The van der Waals surface area contributed by atoms with Crippen LogP contribution in [0.3, 0.4) is 0 Å². The average Bonchev–Trinajstić information content (AvgIpc) is 3.01. The van der Waals surface area contributed by atoms with Crippen molar-refractivity contribution in [2.45, 2.75) is 13.5 Å². The van der Waals surface area contributed by atoms with Crippen molar-refractivity contribution in [3.8, 4) is 17.0 Å². The summed E-state index contributed by atoms with van der Waals surface area (Å²) >= 11 is 1.33. The third-order valence-electron chi connectivity index (χ3n) is 3.49. The van der Waals surface area contributed by atoms with Gasteiger partial charge >= 0.3 is 6.61 Å². The molecule has 3 rings (SSSR count). The van der Waals surface area contributed by atoms with Crippen LogP contribution in [0.2, 0.25) is 0 Å². The molecule has 2 heterocycles. The fraction of sp³-hybridized carbons (Fsp3) is 0.105. The number of aryl methyl sites for hydroxylation is 1. The number of nitrogens with zero attached hydrogens (tertiary/aromatic N) is 2. The molecule has 0 bridgehead atoms. The predicted molar refractivity (Wildman–Crippen MR) is 101 cm³/mol. The van der Waals surface area contributed by atoms with Crippen molar-refractivity contribution in [2.75, 3.05) is 5.32 Å². The van der Waals surface area contributed by atoms with Crippen LogP contribution in [0.1, 0.15) is 10.4 Å². The summed E-state index contributed by atoms with van der Waals surface area (Å²) < 4.78 is 28.8. The Kier molecular flexibility index (Phi) is 5.87. The summed E-state index contributed by atoms with van der Waals surface area (Å²) in [6, 6.07) is 9.82. The van der Waals surface area contributed by atoms with Crippen LogP contribution in [0.4, 0.5) is 13.9 Å². The molecule has 27 heavy (non-hydrogen) atoms. The molecule has 0 aliphatic carbocycles. The Bertz CT molecular complexity index is 941. The van der Waals surface area contributed by atoms with E-state index in [9.17, 15) is 13.6 Å². The number of rotatable bonds is 6. The molecule has 3 aromatic rings. The molecule has 0 aliphatic heterocycles. The SMILES string of the molecule is Cc1sc(NC(=O)C=Cc2cccnc2)nc1-c1ccc(OC(F)F)cc1. The molecular weight excluding hydrogens is 372 g/mol. The largest absolute Gasteiger partial charge is 0.435 e. The van der Waals surface area contributed by atoms with E-state index in [2.05, 4.69) is 20.0 Å². The van der Waals surface area contributed by atoms with E-state index in [0.717, 1.165) is 16.0 Å². The molecule has 1 amide bonds. The maximum absolute atomic E-state index is 12.2. The summed E-state index contributed by atoms with van der Waals surface area (Å²) in [6.45, 7) is -0.990. The van der Waals surface area contributed by atoms with Crippen LogP contribution < -0.4 is 10.1 Å². The Labute approximate surface area is 158 Å². The van der Waals surface area contributed by atoms with Crippen molar-refractivity contribution in [3.63, 3.8) is 0 Å². The highest BCUT2D eigenvalue weighted by Gasteiger charge is 2.12. The van der Waals surface area contributed by atoms with Crippen LogP contribution in [0.25, 0.3) is 17.3 Å². The fourth-order valence-corrected chi connectivity index (χ4v) is 3.14. The van der Waals surface area contributed by atoms with E-state index in [1.54, 1.807) is 36.7 Å². The third-order valence-corrected chi connectivity index (χ3v) is 4.38. The first-order valence-electron chi connectivity index (χ1n) is 7.93. The highest BCUT2D eigenvalue weighted by molar-refractivity contribution is 7.16. The molecule has 5 nitrogen and oxygen atoms in total. The number of anilines is 1. The molecule has 8 heteroatoms. The highest BCUT2D eigenvalue weighted by Crippen LogP contribution is 2.31. The Morgan fingerprint density at radius 3 is 2.70 bits per heavy atom. The maximum Gasteiger partial charge on any atom is 0.387 e. The van der Waals surface area contributed by atoms with Crippen LogP contribution in [-0.4, -0.2) is 22.5 Å². The van der Waals surface area contributed by atoms with E-state index < -0.39 is 6.61 Å². The summed E-state index contributed by atoms with van der Waals surface area (Å²) in [5, 5.41) is 3.17. The van der Waals surface area contributed by atoms with Gasteiger partial charge in [-0.15, -0.1) is 11.3 Å². The van der Waals surface area contributed by atoms with Gasteiger partial charge in [0.15, 0.2) is 5.13 Å². The van der Waals surface area contributed by atoms with Gasteiger partial charge in [-0.05, 0) is 48.9 Å². The zero-order valence-corrected chi connectivity index (χ0v) is 15.0. The number of hydrogen-bond acceptors (Lipinski definition) is 5. The van der Waals surface area contributed by atoms with Crippen LogP contribution in [0.15, 0.2) is 54.9 Å². The number of benzene rings is 1. The van der Waals surface area contributed by atoms with E-state index in [4.69, 9.17) is 0 Å². The van der Waals surface area contributed by atoms with Gasteiger partial charge in [0.05, 0.1) is 5.69 Å². The fourth-order valence-electron chi connectivity index (χ4n) is 2.31. The van der Waals surface area contributed by atoms with E-state index >= 15 is 0 Å². The van der Waals surface area contributed by atoms with Crippen molar-refractivity contribution in [2.24, 2.45) is 0 Å². The van der Waals surface area contributed by atoms with Crippen LogP contribution >= 0.6 is 11.3 Å². The van der Waals surface area contributed by atoms with E-state index in [0.29, 0.717) is 10.8 Å². The zero-order valence-electron chi connectivity index (χ0n) is 14.2. The third kappa shape index (κ3) is 5.18. The molecule has 0 atom stereocenters. The lowest BCUT2D eigenvalue weighted by atomic mass is 10.1. The Morgan fingerprint density at radius 2 is 2.04 bits per heavy atom. The number of carbonyl (C=O) groups is 1. The summed E-state index contributed by atoms with van der Waals surface area (Å²) in [5.74, 6) is -0.226. The predicted octanol–water partition coefficient (Wildman–Crippen LogP) is 4.77. The number of hydrogen-bond donors (Lipinski definition) is 1. The molecule has 0 radical (unpaired) electrons. The first-order valence-corrected chi connectivity index (χ1v) is 8.74. The molecule has 0 saturated heterocycles. The monoisotopic (exact) mass is 387 g/mol. The summed E-state index contributed by atoms with van der Waals surface area (Å²) in [7, 11) is 0. The number of pyridine rings is 1. The minimum Gasteiger partial charge on any atom is -0.435 e. The number of nitrogens with one attached hydrogen (secondary N) is 1. The second-order valence-electron chi connectivity index (χ2n) is 5.44. The van der Waals surface area contributed by atoms with Crippen LogP contribution in [0, 0.1) is 6.92 Å². The van der Waals surface area contributed by atoms with Gasteiger partial charge in [-0.1, -0.05) is 6.07 Å². The molecule has 0 aliphatic rings. The van der Waals surface area contributed by atoms with Crippen molar-refractivity contribution in [1.82, 2.24) is 9.97 Å². The second kappa shape index (κ2) is 8.50. The lowest BCUT2D eigenvalue weighted by Crippen LogP contribution is -2.07. The van der Waals surface area contributed by atoms with Gasteiger partial charge in [-0.3, -0.25) is 15.1 Å². The molecule has 0 unspecified atom stereocenters. The van der Waals surface area contributed by atoms with Gasteiger partial charge in [0.1, 0.15) is 5.75 Å². The van der Waals surface area contributed by atoms with Gasteiger partial charge in [0, 0.05) is 28.9 Å². The molecule has 0 fully saturated rings. The number of ether oxygens (including phenoxy) is 1. The first-order chi connectivity index (χ1) is 13.0. The van der Waals surface area contributed by atoms with Crippen molar-refractivity contribution in [1.29, 1.82) is 0 Å². The quantitative estimate of drug-likeness (QED) is 0.619. The van der Waals surface area contributed by atoms with Gasteiger partial charge < -0.3 is 4.74 Å². The number of halogens is 2. The van der Waals surface area contributed by atoms with Gasteiger partial charge in [-0.2, -0.15) is 8.78 Å². The lowest BCUT2D eigenvalue weighted by molar-refractivity contribution is -0.111. The van der Waals surface area contributed by atoms with E-state index in [1.807, 2.05) is 13.0 Å². The number of thiazole rings is 1. The Hall–Kier alpha value is -3.13. The normalized spacial score (nSPS) is 11.1. The number of alkyl halides is 2. The molecule has 0 saturated carbocycles. The number of amides is 1. The topological polar surface area (TPSA) is 64.1 Å². The molecular formula is C19H15F2N3O2S. The van der Waals surface area contributed by atoms with Crippen molar-refractivity contribution < 1.29 is 18.3 Å². The summed E-state index contributed by atoms with van der Waals surface area (Å²) in [6.07, 6.45) is 6.37. The molecule has 0 spiro atoms. The van der Waals surface area contributed by atoms with Crippen molar-refractivity contribution >= 4 is 28.5 Å². The maximum atomic E-state index is 12.2. The Morgan fingerprint density at radius 1 is 1.26 bits per heavy atom.